The molecule has 0 fully saturated rings. The molecule has 0 unspecified atom stereocenters. The molecule has 0 heterocycles. The molecule has 1 rings (SSSR count). The lowest BCUT2D eigenvalue weighted by molar-refractivity contribution is 0.0285. The Morgan fingerprint density at radius 1 is 1.05 bits per heavy atom. The van der Waals surface area contributed by atoms with Crippen molar-refractivity contribution in [2.75, 3.05) is 28.4 Å². The second-order valence-electron chi connectivity index (χ2n) is 5.87. The highest BCUT2D eigenvalue weighted by Crippen LogP contribution is 2.38. The van der Waals surface area contributed by atoms with Crippen LogP contribution in [-0.2, 0) is 11.3 Å². The molecule has 1 amide bonds. The summed E-state index contributed by atoms with van der Waals surface area (Å²) < 4.78 is 21.2. The fourth-order valence-electron chi connectivity index (χ4n) is 1.90. The van der Waals surface area contributed by atoms with Crippen LogP contribution in [0.3, 0.4) is 0 Å². The predicted molar refractivity (Wildman–Crippen MR) is 83.8 cm³/mol. The zero-order valence-electron chi connectivity index (χ0n) is 14.4. The largest absolute Gasteiger partial charge is 0.493 e. The van der Waals surface area contributed by atoms with Crippen molar-refractivity contribution in [3.05, 3.63) is 17.7 Å². The SMILES string of the molecule is COc1cc(CN(C)C(=O)OC(C)(C)C)cc(OC)c1OC. The first kappa shape index (κ1) is 17.9. The van der Waals surface area contributed by atoms with Gasteiger partial charge in [0.25, 0.3) is 0 Å². The second-order valence-corrected chi connectivity index (χ2v) is 5.87. The van der Waals surface area contributed by atoms with Crippen LogP contribution in [0.5, 0.6) is 17.2 Å². The average molecular weight is 311 g/mol. The Bertz CT molecular complexity index is 497. The summed E-state index contributed by atoms with van der Waals surface area (Å²) in [5.74, 6) is 1.62. The molecule has 1 aromatic carbocycles. The molecule has 0 spiro atoms. The molecule has 0 N–H and O–H groups in total. The standard InChI is InChI=1S/C16H25NO5/c1-16(2,3)22-15(18)17(4)10-11-8-12(19-5)14(21-7)13(9-11)20-6/h8-9H,10H2,1-7H3. The van der Waals surface area contributed by atoms with Gasteiger partial charge in [0.15, 0.2) is 11.5 Å². The zero-order valence-corrected chi connectivity index (χ0v) is 14.4. The molecular weight excluding hydrogens is 286 g/mol. The van der Waals surface area contributed by atoms with Gasteiger partial charge in [-0.05, 0) is 38.5 Å². The van der Waals surface area contributed by atoms with Gasteiger partial charge < -0.3 is 23.8 Å². The lowest BCUT2D eigenvalue weighted by Crippen LogP contribution is -2.33. The number of nitrogens with zero attached hydrogens (tertiary/aromatic N) is 1. The van der Waals surface area contributed by atoms with Crippen LogP contribution in [0.25, 0.3) is 0 Å². The molecule has 0 aliphatic carbocycles. The smallest absolute Gasteiger partial charge is 0.410 e. The van der Waals surface area contributed by atoms with E-state index in [-0.39, 0.29) is 6.09 Å². The highest BCUT2D eigenvalue weighted by Gasteiger charge is 2.21. The van der Waals surface area contributed by atoms with Crippen molar-refractivity contribution in [1.82, 2.24) is 4.90 Å². The molecule has 0 saturated carbocycles. The number of carbonyl (C=O) groups excluding carboxylic acids is 1. The van der Waals surface area contributed by atoms with E-state index in [2.05, 4.69) is 0 Å². The van der Waals surface area contributed by atoms with E-state index in [0.29, 0.717) is 23.8 Å². The maximum Gasteiger partial charge on any atom is 0.410 e. The summed E-state index contributed by atoms with van der Waals surface area (Å²) in [5, 5.41) is 0. The summed E-state index contributed by atoms with van der Waals surface area (Å²) in [5.41, 5.74) is 0.323. The Morgan fingerprint density at radius 2 is 1.55 bits per heavy atom. The molecule has 0 bridgehead atoms. The summed E-state index contributed by atoms with van der Waals surface area (Å²) in [6.07, 6.45) is -0.388. The Balaban J connectivity index is 2.96. The first-order chi connectivity index (χ1) is 10.2. The monoisotopic (exact) mass is 311 g/mol. The minimum atomic E-state index is -0.527. The number of hydrogen-bond donors (Lipinski definition) is 0. The maximum absolute atomic E-state index is 12.0. The van der Waals surface area contributed by atoms with E-state index in [9.17, 15) is 4.79 Å². The molecule has 124 valence electrons. The van der Waals surface area contributed by atoms with Gasteiger partial charge in [0, 0.05) is 13.6 Å². The van der Waals surface area contributed by atoms with E-state index in [4.69, 9.17) is 18.9 Å². The first-order valence-electron chi connectivity index (χ1n) is 6.94. The number of hydrogen-bond acceptors (Lipinski definition) is 5. The van der Waals surface area contributed by atoms with E-state index in [1.165, 1.54) is 4.90 Å². The molecular formula is C16H25NO5. The number of benzene rings is 1. The molecule has 6 nitrogen and oxygen atoms in total. The van der Waals surface area contributed by atoms with Gasteiger partial charge >= 0.3 is 6.09 Å². The fraction of sp³-hybridized carbons (Fsp3) is 0.562. The molecule has 0 aliphatic rings. The van der Waals surface area contributed by atoms with Crippen LogP contribution in [0.4, 0.5) is 4.79 Å². The van der Waals surface area contributed by atoms with Crippen molar-refractivity contribution in [3.8, 4) is 17.2 Å². The molecule has 0 aromatic heterocycles. The van der Waals surface area contributed by atoms with Crippen molar-refractivity contribution >= 4 is 6.09 Å². The number of carbonyl (C=O) groups is 1. The van der Waals surface area contributed by atoms with Crippen LogP contribution in [0.15, 0.2) is 12.1 Å². The summed E-state index contributed by atoms with van der Waals surface area (Å²) in [6.45, 7) is 5.86. The van der Waals surface area contributed by atoms with Gasteiger partial charge in [0.1, 0.15) is 5.60 Å². The third-order valence-electron chi connectivity index (χ3n) is 2.85. The highest BCUT2D eigenvalue weighted by molar-refractivity contribution is 5.68. The Kier molecular flexibility index (Phi) is 5.91. The number of rotatable bonds is 5. The number of ether oxygens (including phenoxy) is 4. The minimum Gasteiger partial charge on any atom is -0.493 e. The van der Waals surface area contributed by atoms with Gasteiger partial charge in [-0.1, -0.05) is 0 Å². The van der Waals surface area contributed by atoms with Crippen LogP contribution in [-0.4, -0.2) is 45.0 Å². The lowest BCUT2D eigenvalue weighted by atomic mass is 10.1. The minimum absolute atomic E-state index is 0.367. The predicted octanol–water partition coefficient (Wildman–Crippen LogP) is 3.08. The van der Waals surface area contributed by atoms with Crippen LogP contribution in [0.2, 0.25) is 0 Å². The Morgan fingerprint density at radius 3 is 1.91 bits per heavy atom. The van der Waals surface area contributed by atoms with Crippen LogP contribution < -0.4 is 14.2 Å². The molecule has 22 heavy (non-hydrogen) atoms. The first-order valence-corrected chi connectivity index (χ1v) is 6.94. The van der Waals surface area contributed by atoms with E-state index < -0.39 is 5.60 Å². The van der Waals surface area contributed by atoms with Gasteiger partial charge in [-0.25, -0.2) is 4.79 Å². The van der Waals surface area contributed by atoms with Gasteiger partial charge in [0.05, 0.1) is 21.3 Å². The van der Waals surface area contributed by atoms with E-state index >= 15 is 0 Å². The van der Waals surface area contributed by atoms with Crippen molar-refractivity contribution in [2.24, 2.45) is 0 Å². The van der Waals surface area contributed by atoms with E-state index in [1.54, 1.807) is 28.4 Å². The van der Waals surface area contributed by atoms with Crippen LogP contribution in [0, 0.1) is 0 Å². The summed E-state index contributed by atoms with van der Waals surface area (Å²) in [6, 6.07) is 3.62. The van der Waals surface area contributed by atoms with Crippen molar-refractivity contribution in [2.45, 2.75) is 32.9 Å². The van der Waals surface area contributed by atoms with Gasteiger partial charge in [0.2, 0.25) is 5.75 Å². The van der Waals surface area contributed by atoms with E-state index in [0.717, 1.165) is 5.56 Å². The molecule has 1 aromatic rings. The molecule has 6 heteroatoms. The third-order valence-corrected chi connectivity index (χ3v) is 2.85. The third kappa shape index (κ3) is 4.72. The zero-order chi connectivity index (χ0) is 16.9. The lowest BCUT2D eigenvalue weighted by Gasteiger charge is -2.25. The maximum atomic E-state index is 12.0. The molecule has 0 radical (unpaired) electrons. The molecule has 0 atom stereocenters. The van der Waals surface area contributed by atoms with Gasteiger partial charge in [-0.3, -0.25) is 0 Å². The Labute approximate surface area is 131 Å². The van der Waals surface area contributed by atoms with Crippen molar-refractivity contribution < 1.29 is 23.7 Å². The van der Waals surface area contributed by atoms with Gasteiger partial charge in [-0.15, -0.1) is 0 Å². The Hall–Kier alpha value is -2.11. The summed E-state index contributed by atoms with van der Waals surface area (Å²) >= 11 is 0. The molecule has 0 saturated heterocycles. The van der Waals surface area contributed by atoms with Crippen molar-refractivity contribution in [3.63, 3.8) is 0 Å². The number of amides is 1. The fourth-order valence-corrected chi connectivity index (χ4v) is 1.90. The van der Waals surface area contributed by atoms with Crippen LogP contribution >= 0.6 is 0 Å². The second kappa shape index (κ2) is 7.24. The highest BCUT2D eigenvalue weighted by atomic mass is 16.6. The average Bonchev–Trinajstić information content (AvgIpc) is 2.44. The quantitative estimate of drug-likeness (QED) is 0.836. The molecule has 0 aliphatic heterocycles. The number of methoxy groups -OCH3 is 3. The topological polar surface area (TPSA) is 57.2 Å². The summed E-state index contributed by atoms with van der Waals surface area (Å²) in [7, 11) is 6.33. The van der Waals surface area contributed by atoms with Crippen molar-refractivity contribution in [1.29, 1.82) is 0 Å². The van der Waals surface area contributed by atoms with Crippen LogP contribution in [0.1, 0.15) is 26.3 Å². The normalized spacial score (nSPS) is 10.9. The van der Waals surface area contributed by atoms with Gasteiger partial charge in [-0.2, -0.15) is 0 Å². The summed E-state index contributed by atoms with van der Waals surface area (Å²) in [4.78, 5) is 13.5. The van der Waals surface area contributed by atoms with E-state index in [1.807, 2.05) is 32.9 Å².